The summed E-state index contributed by atoms with van der Waals surface area (Å²) in [6.07, 6.45) is 1.66. The molecule has 0 spiro atoms. The number of nitrogens with one attached hydrogen (secondary N) is 1. The normalized spacial score (nSPS) is 12.0. The molecule has 0 aliphatic carbocycles. The van der Waals surface area contributed by atoms with Crippen molar-refractivity contribution in [3.05, 3.63) is 76.6 Å². The molecule has 6 heteroatoms. The standard InChI is InChI=1S/C19H17ClFNO3/c1-13(19(24)22-12-15-5-3-2-4-6-15)25-18(23)10-8-14-7-9-17(21)16(20)11-14/h2-11,13H,12H2,1H3,(H,22,24)/b10-8+/t13-/m1/s1. The Balaban J connectivity index is 1.83. The molecule has 4 nitrogen and oxygen atoms in total. The van der Waals surface area contributed by atoms with Crippen molar-refractivity contribution in [3.63, 3.8) is 0 Å². The fourth-order valence-electron chi connectivity index (χ4n) is 1.98. The fourth-order valence-corrected chi connectivity index (χ4v) is 2.17. The molecule has 0 bridgehead atoms. The van der Waals surface area contributed by atoms with E-state index in [-0.39, 0.29) is 5.02 Å². The number of carbonyl (C=O) groups is 2. The second-order valence-electron chi connectivity index (χ2n) is 5.29. The highest BCUT2D eigenvalue weighted by Crippen LogP contribution is 2.16. The maximum atomic E-state index is 13.1. The van der Waals surface area contributed by atoms with E-state index in [4.69, 9.17) is 16.3 Å². The van der Waals surface area contributed by atoms with E-state index in [1.807, 2.05) is 30.3 Å². The molecule has 0 saturated carbocycles. The highest BCUT2D eigenvalue weighted by atomic mass is 35.5. The van der Waals surface area contributed by atoms with Crippen LogP contribution in [0.1, 0.15) is 18.1 Å². The summed E-state index contributed by atoms with van der Waals surface area (Å²) < 4.78 is 18.1. The predicted octanol–water partition coefficient (Wildman–Crippen LogP) is 3.74. The molecule has 25 heavy (non-hydrogen) atoms. The van der Waals surface area contributed by atoms with E-state index in [0.29, 0.717) is 12.1 Å². The van der Waals surface area contributed by atoms with Crippen LogP contribution in [0.3, 0.4) is 0 Å². The third kappa shape index (κ3) is 6.04. The van der Waals surface area contributed by atoms with Gasteiger partial charge < -0.3 is 10.1 Å². The zero-order valence-electron chi connectivity index (χ0n) is 13.5. The molecule has 1 atom stereocenters. The van der Waals surface area contributed by atoms with Gasteiger partial charge in [-0.3, -0.25) is 4.79 Å². The number of hydrogen-bond acceptors (Lipinski definition) is 3. The second-order valence-corrected chi connectivity index (χ2v) is 5.70. The van der Waals surface area contributed by atoms with Gasteiger partial charge in [0.05, 0.1) is 5.02 Å². The average Bonchev–Trinajstić information content (AvgIpc) is 2.61. The van der Waals surface area contributed by atoms with Crippen LogP contribution in [-0.4, -0.2) is 18.0 Å². The van der Waals surface area contributed by atoms with Gasteiger partial charge in [0.2, 0.25) is 0 Å². The summed E-state index contributed by atoms with van der Waals surface area (Å²) in [5, 5.41) is 2.65. The SMILES string of the molecule is C[C@@H](OC(=O)/C=C/c1ccc(F)c(Cl)c1)C(=O)NCc1ccccc1. The third-order valence-electron chi connectivity index (χ3n) is 3.33. The Hall–Kier alpha value is -2.66. The Labute approximate surface area is 150 Å². The maximum absolute atomic E-state index is 13.1. The second kappa shape index (κ2) is 8.99. The molecule has 1 amide bonds. The van der Waals surface area contributed by atoms with Gasteiger partial charge in [0.1, 0.15) is 5.82 Å². The van der Waals surface area contributed by atoms with Crippen LogP contribution in [-0.2, 0) is 20.9 Å². The first-order valence-electron chi connectivity index (χ1n) is 7.61. The monoisotopic (exact) mass is 361 g/mol. The van der Waals surface area contributed by atoms with E-state index in [9.17, 15) is 14.0 Å². The molecule has 0 heterocycles. The molecule has 2 aromatic rings. The zero-order valence-corrected chi connectivity index (χ0v) is 14.3. The van der Waals surface area contributed by atoms with Crippen LogP contribution in [0.25, 0.3) is 6.08 Å². The Kier molecular flexibility index (Phi) is 6.71. The largest absolute Gasteiger partial charge is 0.449 e. The first-order chi connectivity index (χ1) is 12.0. The molecular weight excluding hydrogens is 345 g/mol. The smallest absolute Gasteiger partial charge is 0.331 e. The van der Waals surface area contributed by atoms with Crippen molar-refractivity contribution in [2.75, 3.05) is 0 Å². The van der Waals surface area contributed by atoms with Crippen LogP contribution < -0.4 is 5.32 Å². The van der Waals surface area contributed by atoms with Crippen LogP contribution in [0.5, 0.6) is 0 Å². The molecule has 2 aromatic carbocycles. The molecule has 0 fully saturated rings. The molecule has 0 saturated heterocycles. The molecule has 0 aliphatic heterocycles. The van der Waals surface area contributed by atoms with E-state index >= 15 is 0 Å². The lowest BCUT2D eigenvalue weighted by Crippen LogP contribution is -2.35. The first kappa shape index (κ1) is 18.7. The minimum atomic E-state index is -0.933. The number of carbonyl (C=O) groups excluding carboxylic acids is 2. The molecular formula is C19H17ClFNO3. The lowest BCUT2D eigenvalue weighted by atomic mass is 10.2. The number of halogens is 2. The number of esters is 1. The van der Waals surface area contributed by atoms with Gasteiger partial charge in [0.15, 0.2) is 6.10 Å². The molecule has 0 aromatic heterocycles. The van der Waals surface area contributed by atoms with Crippen molar-refractivity contribution in [3.8, 4) is 0 Å². The van der Waals surface area contributed by atoms with E-state index in [1.54, 1.807) is 0 Å². The van der Waals surface area contributed by atoms with Gasteiger partial charge in [-0.1, -0.05) is 48.0 Å². The summed E-state index contributed by atoms with van der Waals surface area (Å²) in [6, 6.07) is 13.5. The average molecular weight is 362 g/mol. The van der Waals surface area contributed by atoms with E-state index < -0.39 is 23.8 Å². The number of amides is 1. The summed E-state index contributed by atoms with van der Waals surface area (Å²) >= 11 is 5.66. The van der Waals surface area contributed by atoms with Crippen LogP contribution >= 0.6 is 11.6 Å². The lowest BCUT2D eigenvalue weighted by molar-refractivity contribution is -0.150. The van der Waals surface area contributed by atoms with Gasteiger partial charge in [0.25, 0.3) is 5.91 Å². The highest BCUT2D eigenvalue weighted by molar-refractivity contribution is 6.30. The van der Waals surface area contributed by atoms with Gasteiger partial charge in [-0.15, -0.1) is 0 Å². The van der Waals surface area contributed by atoms with E-state index in [2.05, 4.69) is 5.32 Å². The summed E-state index contributed by atoms with van der Waals surface area (Å²) in [4.78, 5) is 23.7. The molecule has 2 rings (SSSR count). The summed E-state index contributed by atoms with van der Waals surface area (Å²) in [5.74, 6) is -1.61. The van der Waals surface area contributed by atoms with Crippen LogP contribution in [0.2, 0.25) is 5.02 Å². The number of benzene rings is 2. The zero-order chi connectivity index (χ0) is 18.2. The lowest BCUT2D eigenvalue weighted by Gasteiger charge is -2.12. The maximum Gasteiger partial charge on any atom is 0.331 e. The minimum absolute atomic E-state index is 0.0378. The van der Waals surface area contributed by atoms with E-state index in [0.717, 1.165) is 11.6 Å². The topological polar surface area (TPSA) is 55.4 Å². The third-order valence-corrected chi connectivity index (χ3v) is 3.62. The minimum Gasteiger partial charge on any atom is -0.449 e. The van der Waals surface area contributed by atoms with E-state index in [1.165, 1.54) is 31.2 Å². The molecule has 0 aliphatic rings. The molecule has 0 unspecified atom stereocenters. The number of hydrogen-bond donors (Lipinski definition) is 1. The van der Waals surface area contributed by atoms with Crippen molar-refractivity contribution in [1.29, 1.82) is 0 Å². The van der Waals surface area contributed by atoms with Gasteiger partial charge in [-0.25, -0.2) is 9.18 Å². The van der Waals surface area contributed by atoms with Crippen molar-refractivity contribution in [2.45, 2.75) is 19.6 Å². The van der Waals surface area contributed by atoms with Crippen LogP contribution in [0.4, 0.5) is 4.39 Å². The van der Waals surface area contributed by atoms with Gasteiger partial charge >= 0.3 is 5.97 Å². The fraction of sp³-hybridized carbons (Fsp3) is 0.158. The van der Waals surface area contributed by atoms with Gasteiger partial charge in [-0.05, 0) is 36.3 Å². The van der Waals surface area contributed by atoms with Crippen molar-refractivity contribution >= 4 is 29.6 Å². The van der Waals surface area contributed by atoms with Crippen molar-refractivity contribution in [2.24, 2.45) is 0 Å². The van der Waals surface area contributed by atoms with Gasteiger partial charge in [0, 0.05) is 12.6 Å². The summed E-state index contributed by atoms with van der Waals surface area (Å²) in [6.45, 7) is 1.84. The Morgan fingerprint density at radius 3 is 2.64 bits per heavy atom. The highest BCUT2D eigenvalue weighted by Gasteiger charge is 2.16. The molecule has 1 N–H and O–H groups in total. The quantitative estimate of drug-likeness (QED) is 0.630. The summed E-state index contributed by atoms with van der Waals surface area (Å²) in [7, 11) is 0. The predicted molar refractivity (Wildman–Crippen MR) is 94.3 cm³/mol. The molecule has 0 radical (unpaired) electrons. The first-order valence-corrected chi connectivity index (χ1v) is 7.99. The summed E-state index contributed by atoms with van der Waals surface area (Å²) in [5.41, 5.74) is 1.49. The van der Waals surface area contributed by atoms with Crippen LogP contribution in [0, 0.1) is 5.82 Å². The Morgan fingerprint density at radius 2 is 1.96 bits per heavy atom. The van der Waals surface area contributed by atoms with Crippen LogP contribution in [0.15, 0.2) is 54.6 Å². The van der Waals surface area contributed by atoms with Gasteiger partial charge in [-0.2, -0.15) is 0 Å². The number of rotatable bonds is 6. The number of ether oxygens (including phenoxy) is 1. The van der Waals surface area contributed by atoms with Crippen molar-refractivity contribution in [1.82, 2.24) is 5.32 Å². The Bertz CT molecular complexity index is 777. The molecule has 130 valence electrons. The van der Waals surface area contributed by atoms with Crippen molar-refractivity contribution < 1.29 is 18.7 Å². The Morgan fingerprint density at radius 1 is 1.24 bits per heavy atom.